The Bertz CT molecular complexity index is 409. The van der Waals surface area contributed by atoms with E-state index in [-0.39, 0.29) is 5.92 Å². The Morgan fingerprint density at radius 3 is 2.45 bits per heavy atom. The van der Waals surface area contributed by atoms with Gasteiger partial charge < -0.3 is 5.11 Å². The summed E-state index contributed by atoms with van der Waals surface area (Å²) >= 11 is 0. The molecule has 0 rings (SSSR count). The monoisotopic (exact) mass is 306 g/mol. The van der Waals surface area contributed by atoms with E-state index in [1.165, 1.54) is 11.1 Å². The number of allylic oxidation sites excluding steroid dienone is 4. The Morgan fingerprint density at radius 2 is 1.91 bits per heavy atom. The van der Waals surface area contributed by atoms with Crippen LogP contribution in [0.1, 0.15) is 73.1 Å². The van der Waals surface area contributed by atoms with Gasteiger partial charge in [0, 0.05) is 12.3 Å². The van der Waals surface area contributed by atoms with Gasteiger partial charge in [-0.1, -0.05) is 36.3 Å². The van der Waals surface area contributed by atoms with Crippen molar-refractivity contribution in [1.29, 1.82) is 0 Å². The second-order valence-corrected chi connectivity index (χ2v) is 6.90. The van der Waals surface area contributed by atoms with Crippen molar-refractivity contribution < 1.29 is 9.90 Å². The topological polar surface area (TPSA) is 37.3 Å². The highest BCUT2D eigenvalue weighted by Crippen LogP contribution is 2.18. The van der Waals surface area contributed by atoms with Crippen molar-refractivity contribution in [2.24, 2.45) is 5.92 Å². The van der Waals surface area contributed by atoms with Gasteiger partial charge in [-0.3, -0.25) is 4.79 Å². The summed E-state index contributed by atoms with van der Waals surface area (Å²) in [4.78, 5) is 11.9. The lowest BCUT2D eigenvalue weighted by atomic mass is 9.95. The molecule has 0 heterocycles. The smallest absolute Gasteiger partial charge is 0.139 e. The van der Waals surface area contributed by atoms with Crippen LogP contribution in [-0.4, -0.2) is 16.5 Å². The molecule has 0 amide bonds. The Labute approximate surface area is 137 Å². The number of ketones is 1. The Kier molecular flexibility index (Phi) is 10.0. The lowest BCUT2D eigenvalue weighted by molar-refractivity contribution is -0.121. The van der Waals surface area contributed by atoms with Crippen molar-refractivity contribution in [1.82, 2.24) is 0 Å². The van der Waals surface area contributed by atoms with E-state index in [1.54, 1.807) is 13.0 Å². The molecule has 0 aliphatic carbocycles. The normalized spacial score (nSPS) is 15.8. The maximum absolute atomic E-state index is 11.9. The van der Waals surface area contributed by atoms with Crippen molar-refractivity contribution in [3.63, 3.8) is 0 Å². The zero-order chi connectivity index (χ0) is 17.2. The summed E-state index contributed by atoms with van der Waals surface area (Å²) in [6, 6.07) is 0. The van der Waals surface area contributed by atoms with Crippen molar-refractivity contribution in [3.05, 3.63) is 36.0 Å². The molecule has 0 aromatic heterocycles. The van der Waals surface area contributed by atoms with Crippen LogP contribution >= 0.6 is 0 Å². The molecule has 0 aromatic carbocycles. The lowest BCUT2D eigenvalue weighted by Crippen LogP contribution is -2.19. The van der Waals surface area contributed by atoms with Crippen molar-refractivity contribution in [3.8, 4) is 0 Å². The maximum atomic E-state index is 11.9. The summed E-state index contributed by atoms with van der Waals surface area (Å²) in [5.41, 5.74) is 1.77. The van der Waals surface area contributed by atoms with Crippen LogP contribution in [0.3, 0.4) is 0 Å². The standard InChI is InChI=1S/C20H34O2/c1-7-20(6,22)15-9-11-17(4)10-8-12-18(5)19(21)14-13-16(2)3/h7,11,13,18,22H,1,8-10,12,14-15H2,2-6H3. The molecule has 0 bridgehead atoms. The zero-order valence-corrected chi connectivity index (χ0v) is 15.1. The van der Waals surface area contributed by atoms with Crippen LogP contribution in [0.4, 0.5) is 0 Å². The molecule has 0 aliphatic heterocycles. The molecule has 0 spiro atoms. The third-order valence-electron chi connectivity index (χ3n) is 4.05. The summed E-state index contributed by atoms with van der Waals surface area (Å²) in [5, 5.41) is 9.85. The largest absolute Gasteiger partial charge is 0.386 e. The minimum absolute atomic E-state index is 0.143. The van der Waals surface area contributed by atoms with E-state index in [0.717, 1.165) is 25.7 Å². The van der Waals surface area contributed by atoms with Gasteiger partial charge >= 0.3 is 0 Å². The van der Waals surface area contributed by atoms with E-state index in [9.17, 15) is 9.90 Å². The van der Waals surface area contributed by atoms with Gasteiger partial charge in [-0.2, -0.15) is 0 Å². The van der Waals surface area contributed by atoms with Crippen molar-refractivity contribution in [2.75, 3.05) is 0 Å². The van der Waals surface area contributed by atoms with E-state index in [4.69, 9.17) is 0 Å². The molecule has 0 saturated carbocycles. The average Bonchev–Trinajstić information content (AvgIpc) is 2.44. The highest BCUT2D eigenvalue weighted by Gasteiger charge is 2.13. The number of aliphatic hydroxyl groups is 1. The van der Waals surface area contributed by atoms with Gasteiger partial charge in [0.1, 0.15) is 5.78 Å². The predicted octanol–water partition coefficient (Wildman–Crippen LogP) is 5.38. The van der Waals surface area contributed by atoms with Crippen LogP contribution in [0.2, 0.25) is 0 Å². The van der Waals surface area contributed by atoms with E-state index < -0.39 is 5.60 Å². The summed E-state index contributed by atoms with van der Waals surface area (Å²) in [7, 11) is 0. The van der Waals surface area contributed by atoms with Crippen LogP contribution in [0.25, 0.3) is 0 Å². The molecule has 22 heavy (non-hydrogen) atoms. The highest BCUT2D eigenvalue weighted by molar-refractivity contribution is 5.82. The highest BCUT2D eigenvalue weighted by atomic mass is 16.3. The van der Waals surface area contributed by atoms with Crippen LogP contribution in [0, 0.1) is 5.92 Å². The van der Waals surface area contributed by atoms with E-state index in [2.05, 4.69) is 19.6 Å². The van der Waals surface area contributed by atoms with Gasteiger partial charge in [0.05, 0.1) is 5.60 Å². The van der Waals surface area contributed by atoms with Crippen molar-refractivity contribution >= 4 is 5.78 Å². The molecule has 0 radical (unpaired) electrons. The van der Waals surface area contributed by atoms with Crippen molar-refractivity contribution in [2.45, 2.75) is 78.7 Å². The second kappa shape index (κ2) is 10.6. The maximum Gasteiger partial charge on any atom is 0.139 e. The first kappa shape index (κ1) is 20.9. The molecule has 0 fully saturated rings. The third kappa shape index (κ3) is 10.6. The van der Waals surface area contributed by atoms with E-state index >= 15 is 0 Å². The van der Waals surface area contributed by atoms with Gasteiger partial charge in [-0.15, -0.1) is 6.58 Å². The Balaban J connectivity index is 4.01. The number of carbonyl (C=O) groups excluding carboxylic acids is 1. The molecule has 126 valence electrons. The van der Waals surface area contributed by atoms with E-state index in [1.807, 2.05) is 26.8 Å². The van der Waals surface area contributed by atoms with Gasteiger partial charge in [0.25, 0.3) is 0 Å². The predicted molar refractivity (Wildman–Crippen MR) is 95.9 cm³/mol. The van der Waals surface area contributed by atoms with Crippen LogP contribution < -0.4 is 0 Å². The van der Waals surface area contributed by atoms with Gasteiger partial charge in [-0.05, 0) is 59.8 Å². The minimum atomic E-state index is -0.775. The fourth-order valence-corrected chi connectivity index (χ4v) is 2.17. The van der Waals surface area contributed by atoms with Crippen LogP contribution in [0.15, 0.2) is 36.0 Å². The van der Waals surface area contributed by atoms with Gasteiger partial charge in [-0.25, -0.2) is 0 Å². The quantitative estimate of drug-likeness (QED) is 0.520. The molecule has 2 heteroatoms. The molecular formula is C20H34O2. The number of hydrogen-bond acceptors (Lipinski definition) is 2. The zero-order valence-electron chi connectivity index (χ0n) is 15.1. The van der Waals surface area contributed by atoms with Gasteiger partial charge in [0.2, 0.25) is 0 Å². The van der Waals surface area contributed by atoms with Crippen LogP contribution in [0.5, 0.6) is 0 Å². The number of hydrogen-bond donors (Lipinski definition) is 1. The first-order chi connectivity index (χ1) is 10.2. The van der Waals surface area contributed by atoms with Gasteiger partial charge in [0.15, 0.2) is 0 Å². The average molecular weight is 306 g/mol. The molecular weight excluding hydrogens is 272 g/mol. The molecule has 2 atom stereocenters. The molecule has 1 N–H and O–H groups in total. The number of carbonyl (C=O) groups is 1. The SMILES string of the molecule is C=CC(C)(O)CCC=C(C)CCCC(C)C(=O)CC=C(C)C. The Hall–Kier alpha value is -1.15. The molecule has 2 nitrogen and oxygen atoms in total. The Morgan fingerprint density at radius 1 is 1.27 bits per heavy atom. The molecule has 0 aromatic rings. The lowest BCUT2D eigenvalue weighted by Gasteiger charge is -2.17. The third-order valence-corrected chi connectivity index (χ3v) is 4.05. The molecule has 0 aliphatic rings. The summed E-state index contributed by atoms with van der Waals surface area (Å²) in [6.45, 7) is 13.6. The first-order valence-electron chi connectivity index (χ1n) is 8.35. The first-order valence-corrected chi connectivity index (χ1v) is 8.35. The molecule has 2 unspecified atom stereocenters. The number of rotatable bonds is 11. The summed E-state index contributed by atoms with van der Waals surface area (Å²) < 4.78 is 0. The number of Topliss-reactive ketones (excluding diaryl/α,β-unsaturated/α-hetero) is 1. The van der Waals surface area contributed by atoms with Crippen LogP contribution in [-0.2, 0) is 4.79 Å². The molecule has 0 saturated heterocycles. The second-order valence-electron chi connectivity index (χ2n) is 6.90. The summed E-state index contributed by atoms with van der Waals surface area (Å²) in [6.07, 6.45) is 10.9. The summed E-state index contributed by atoms with van der Waals surface area (Å²) in [5.74, 6) is 0.481. The fraction of sp³-hybridized carbons (Fsp3) is 0.650. The fourth-order valence-electron chi connectivity index (χ4n) is 2.17. The van der Waals surface area contributed by atoms with E-state index in [0.29, 0.717) is 18.6 Å². The minimum Gasteiger partial charge on any atom is -0.386 e.